The Kier molecular flexibility index (Phi) is 9.98. The number of hydrogen-bond donors (Lipinski definition) is 2. The SMILES string of the molecule is CCNC(=NCC(C)c1cccc(C)c1)N1CCCC(CC(N)=O)C1.I. The molecule has 1 fully saturated rings. The molecule has 2 rings (SSSR count). The molecule has 26 heavy (non-hydrogen) atoms. The Morgan fingerprint density at radius 1 is 1.46 bits per heavy atom. The van der Waals surface area contributed by atoms with Crippen LogP contribution < -0.4 is 11.1 Å². The van der Waals surface area contributed by atoms with Gasteiger partial charge in [-0.3, -0.25) is 9.79 Å². The average molecular weight is 472 g/mol. The van der Waals surface area contributed by atoms with E-state index in [9.17, 15) is 4.79 Å². The second-order valence-electron chi connectivity index (χ2n) is 7.13. The predicted octanol–water partition coefficient (Wildman–Crippen LogP) is 3.27. The molecule has 1 saturated heterocycles. The first-order valence-electron chi connectivity index (χ1n) is 9.37. The maximum absolute atomic E-state index is 11.2. The van der Waals surface area contributed by atoms with Gasteiger partial charge >= 0.3 is 0 Å². The molecule has 6 heteroatoms. The number of aryl methyl sites for hydroxylation is 1. The lowest BCUT2D eigenvalue weighted by atomic mass is 9.95. The summed E-state index contributed by atoms with van der Waals surface area (Å²) in [6.07, 6.45) is 2.62. The first-order chi connectivity index (χ1) is 12.0. The topological polar surface area (TPSA) is 70.7 Å². The zero-order chi connectivity index (χ0) is 18.2. The highest BCUT2D eigenvalue weighted by atomic mass is 127. The lowest BCUT2D eigenvalue weighted by molar-refractivity contribution is -0.119. The number of rotatable bonds is 6. The molecular weight excluding hydrogens is 439 g/mol. The van der Waals surface area contributed by atoms with E-state index < -0.39 is 0 Å². The molecule has 1 aliphatic rings. The van der Waals surface area contributed by atoms with Crippen molar-refractivity contribution in [1.29, 1.82) is 0 Å². The van der Waals surface area contributed by atoms with Gasteiger partial charge in [0, 0.05) is 38.5 Å². The van der Waals surface area contributed by atoms with E-state index in [1.165, 1.54) is 11.1 Å². The van der Waals surface area contributed by atoms with Gasteiger partial charge in [-0.1, -0.05) is 36.8 Å². The van der Waals surface area contributed by atoms with Crippen LogP contribution in [0.1, 0.15) is 50.2 Å². The normalized spacial score (nSPS) is 18.8. The zero-order valence-electron chi connectivity index (χ0n) is 16.2. The van der Waals surface area contributed by atoms with Crippen molar-refractivity contribution in [2.24, 2.45) is 16.6 Å². The van der Waals surface area contributed by atoms with Crippen molar-refractivity contribution in [2.45, 2.75) is 46.0 Å². The monoisotopic (exact) mass is 472 g/mol. The van der Waals surface area contributed by atoms with Crippen LogP contribution in [-0.2, 0) is 4.79 Å². The molecule has 1 aliphatic heterocycles. The highest BCUT2D eigenvalue weighted by molar-refractivity contribution is 14.0. The number of carbonyl (C=O) groups excluding carboxylic acids is 1. The number of benzene rings is 1. The molecule has 5 nitrogen and oxygen atoms in total. The van der Waals surface area contributed by atoms with Crippen LogP contribution >= 0.6 is 24.0 Å². The summed E-state index contributed by atoms with van der Waals surface area (Å²) in [6.45, 7) is 9.86. The van der Waals surface area contributed by atoms with Gasteiger partial charge in [0.25, 0.3) is 0 Å². The van der Waals surface area contributed by atoms with E-state index in [1.807, 2.05) is 0 Å². The summed E-state index contributed by atoms with van der Waals surface area (Å²) in [5, 5.41) is 3.40. The van der Waals surface area contributed by atoms with E-state index in [4.69, 9.17) is 10.7 Å². The van der Waals surface area contributed by atoms with Crippen LogP contribution in [0.25, 0.3) is 0 Å². The lowest BCUT2D eigenvalue weighted by Crippen LogP contribution is -2.47. The van der Waals surface area contributed by atoms with Crippen LogP contribution in [0, 0.1) is 12.8 Å². The van der Waals surface area contributed by atoms with Gasteiger partial charge in [0.2, 0.25) is 5.91 Å². The third-order valence-electron chi connectivity index (χ3n) is 4.77. The van der Waals surface area contributed by atoms with Gasteiger partial charge in [-0.25, -0.2) is 0 Å². The minimum Gasteiger partial charge on any atom is -0.370 e. The van der Waals surface area contributed by atoms with Crippen molar-refractivity contribution < 1.29 is 4.79 Å². The van der Waals surface area contributed by atoms with Crippen LogP contribution in [0.5, 0.6) is 0 Å². The van der Waals surface area contributed by atoms with E-state index in [0.717, 1.165) is 45.0 Å². The summed E-state index contributed by atoms with van der Waals surface area (Å²) in [5.74, 6) is 1.46. The second kappa shape index (κ2) is 11.4. The van der Waals surface area contributed by atoms with Gasteiger partial charge in [-0.05, 0) is 38.2 Å². The van der Waals surface area contributed by atoms with E-state index in [-0.39, 0.29) is 29.9 Å². The van der Waals surface area contributed by atoms with Crippen LogP contribution in [0.4, 0.5) is 0 Å². The minimum absolute atomic E-state index is 0. The maximum Gasteiger partial charge on any atom is 0.217 e. The van der Waals surface area contributed by atoms with Crippen LogP contribution in [0.3, 0.4) is 0 Å². The van der Waals surface area contributed by atoms with Gasteiger partial charge in [0.05, 0.1) is 0 Å². The molecule has 0 spiro atoms. The lowest BCUT2D eigenvalue weighted by Gasteiger charge is -2.34. The number of piperidine rings is 1. The molecule has 1 aromatic carbocycles. The Hall–Kier alpha value is -1.31. The molecule has 0 radical (unpaired) electrons. The molecular formula is C20H33IN4O. The Morgan fingerprint density at radius 2 is 2.23 bits per heavy atom. The van der Waals surface area contributed by atoms with Crippen molar-refractivity contribution in [3.63, 3.8) is 0 Å². The second-order valence-corrected chi connectivity index (χ2v) is 7.13. The Bertz CT molecular complexity index is 605. The Morgan fingerprint density at radius 3 is 2.88 bits per heavy atom. The smallest absolute Gasteiger partial charge is 0.217 e. The summed E-state index contributed by atoms with van der Waals surface area (Å²) >= 11 is 0. The fraction of sp³-hybridized carbons (Fsp3) is 0.600. The maximum atomic E-state index is 11.2. The summed E-state index contributed by atoms with van der Waals surface area (Å²) in [6, 6.07) is 8.63. The summed E-state index contributed by atoms with van der Waals surface area (Å²) < 4.78 is 0. The number of likely N-dealkylation sites (tertiary alicyclic amines) is 1. The Labute approximate surface area is 174 Å². The predicted molar refractivity (Wildman–Crippen MR) is 119 cm³/mol. The molecule has 0 bridgehead atoms. The first kappa shape index (κ1) is 22.7. The van der Waals surface area contributed by atoms with Gasteiger partial charge in [-0.2, -0.15) is 0 Å². The number of aliphatic imine (C=N–C) groups is 1. The number of guanidine groups is 1. The number of nitrogens with two attached hydrogens (primary N) is 1. The quantitative estimate of drug-likeness (QED) is 0.379. The first-order valence-corrected chi connectivity index (χ1v) is 9.37. The molecule has 1 heterocycles. The van der Waals surface area contributed by atoms with Crippen LogP contribution in [-0.4, -0.2) is 42.9 Å². The van der Waals surface area contributed by atoms with Crippen molar-refractivity contribution in [3.05, 3.63) is 35.4 Å². The van der Waals surface area contributed by atoms with Gasteiger partial charge in [0.1, 0.15) is 0 Å². The highest BCUT2D eigenvalue weighted by Gasteiger charge is 2.23. The number of nitrogens with one attached hydrogen (secondary N) is 1. The molecule has 2 atom stereocenters. The van der Waals surface area contributed by atoms with E-state index >= 15 is 0 Å². The largest absolute Gasteiger partial charge is 0.370 e. The molecule has 146 valence electrons. The average Bonchev–Trinajstić information content (AvgIpc) is 2.58. The Balaban J connectivity index is 0.00000338. The number of carbonyl (C=O) groups is 1. The van der Waals surface area contributed by atoms with E-state index in [1.54, 1.807) is 0 Å². The fourth-order valence-corrected chi connectivity index (χ4v) is 3.44. The van der Waals surface area contributed by atoms with Crippen molar-refractivity contribution >= 4 is 35.8 Å². The number of primary amides is 1. The standard InChI is InChI=1S/C20H32N4O.HI/c1-4-22-20(24-10-6-8-17(14-24)12-19(21)25)23-13-16(3)18-9-5-7-15(2)11-18;/h5,7,9,11,16-17H,4,6,8,10,12-14H2,1-3H3,(H2,21,25)(H,22,23);1H. The summed E-state index contributed by atoms with van der Waals surface area (Å²) in [7, 11) is 0. The number of amides is 1. The van der Waals surface area contributed by atoms with Crippen molar-refractivity contribution in [1.82, 2.24) is 10.2 Å². The minimum atomic E-state index is -0.207. The summed E-state index contributed by atoms with van der Waals surface area (Å²) in [5.41, 5.74) is 7.98. The summed E-state index contributed by atoms with van der Waals surface area (Å²) in [4.78, 5) is 18.4. The van der Waals surface area contributed by atoms with Crippen molar-refractivity contribution in [2.75, 3.05) is 26.2 Å². The van der Waals surface area contributed by atoms with Crippen molar-refractivity contribution in [3.8, 4) is 0 Å². The van der Waals surface area contributed by atoms with Gasteiger partial charge < -0.3 is 16.0 Å². The van der Waals surface area contributed by atoms with E-state index in [0.29, 0.717) is 18.3 Å². The van der Waals surface area contributed by atoms with Gasteiger partial charge in [0.15, 0.2) is 5.96 Å². The third-order valence-corrected chi connectivity index (χ3v) is 4.77. The van der Waals surface area contributed by atoms with Crippen LogP contribution in [0.2, 0.25) is 0 Å². The molecule has 1 aromatic rings. The third kappa shape index (κ3) is 7.13. The highest BCUT2D eigenvalue weighted by Crippen LogP contribution is 2.20. The number of nitrogens with zero attached hydrogens (tertiary/aromatic N) is 2. The number of halogens is 1. The molecule has 0 aromatic heterocycles. The van der Waals surface area contributed by atoms with Crippen LogP contribution in [0.15, 0.2) is 29.3 Å². The molecule has 3 N–H and O–H groups in total. The zero-order valence-corrected chi connectivity index (χ0v) is 18.5. The van der Waals surface area contributed by atoms with Gasteiger partial charge in [-0.15, -0.1) is 24.0 Å². The molecule has 0 saturated carbocycles. The number of hydrogen-bond acceptors (Lipinski definition) is 2. The molecule has 0 aliphatic carbocycles. The fourth-order valence-electron chi connectivity index (χ4n) is 3.44. The molecule has 2 unspecified atom stereocenters. The molecule has 1 amide bonds. The van der Waals surface area contributed by atoms with E-state index in [2.05, 4.69) is 55.3 Å².